The number of aromatic amines is 1. The molecule has 0 aliphatic heterocycles. The molecule has 2 atom stereocenters. The van der Waals surface area contributed by atoms with E-state index in [0.717, 1.165) is 5.56 Å². The lowest BCUT2D eigenvalue weighted by atomic mass is 9.92. The number of hydrogen-bond donors (Lipinski definition) is 2. The highest BCUT2D eigenvalue weighted by Crippen LogP contribution is 2.38. The number of rotatable bonds is 1. The van der Waals surface area contributed by atoms with Crippen LogP contribution in [0, 0.1) is 0 Å². The maximum absolute atomic E-state index is 13.1. The summed E-state index contributed by atoms with van der Waals surface area (Å²) in [5.74, 6) is -2.94. The fourth-order valence-corrected chi connectivity index (χ4v) is 2.18. The monoisotopic (exact) mass is 216 g/mol. The van der Waals surface area contributed by atoms with E-state index in [1.54, 1.807) is 12.4 Å². The van der Waals surface area contributed by atoms with Crippen LogP contribution in [-0.4, -0.2) is 27.3 Å². The van der Waals surface area contributed by atoms with E-state index in [1.807, 2.05) is 0 Å². The van der Waals surface area contributed by atoms with Crippen LogP contribution in [0.15, 0.2) is 12.4 Å². The van der Waals surface area contributed by atoms with Crippen molar-refractivity contribution in [2.45, 2.75) is 43.6 Å². The van der Waals surface area contributed by atoms with Crippen molar-refractivity contribution in [1.82, 2.24) is 10.2 Å². The molecule has 5 heteroatoms. The molecule has 0 aromatic carbocycles. The zero-order valence-electron chi connectivity index (χ0n) is 8.29. The number of H-pyrrole nitrogens is 1. The number of aliphatic hydroxyl groups excluding tert-OH is 1. The summed E-state index contributed by atoms with van der Waals surface area (Å²) in [4.78, 5) is 0. The molecule has 2 rings (SSSR count). The van der Waals surface area contributed by atoms with Crippen molar-refractivity contribution in [3.63, 3.8) is 0 Å². The summed E-state index contributed by atoms with van der Waals surface area (Å²) in [6, 6.07) is 0. The molecule has 0 amide bonds. The second-order valence-corrected chi connectivity index (χ2v) is 4.16. The smallest absolute Gasteiger partial charge is 0.250 e. The van der Waals surface area contributed by atoms with Gasteiger partial charge in [0.15, 0.2) is 0 Å². The molecule has 15 heavy (non-hydrogen) atoms. The molecule has 0 saturated heterocycles. The van der Waals surface area contributed by atoms with E-state index in [-0.39, 0.29) is 12.3 Å². The van der Waals surface area contributed by atoms with E-state index in [9.17, 15) is 13.9 Å². The highest BCUT2D eigenvalue weighted by atomic mass is 19.3. The van der Waals surface area contributed by atoms with E-state index in [0.29, 0.717) is 12.8 Å². The minimum atomic E-state index is -2.72. The molecule has 1 heterocycles. The number of halogens is 2. The van der Waals surface area contributed by atoms with Crippen LogP contribution in [-0.2, 0) is 0 Å². The summed E-state index contributed by atoms with van der Waals surface area (Å²) < 4.78 is 26.3. The normalized spacial score (nSPS) is 31.1. The van der Waals surface area contributed by atoms with Gasteiger partial charge in [0.2, 0.25) is 0 Å². The molecule has 0 bridgehead atoms. The van der Waals surface area contributed by atoms with Gasteiger partial charge in [-0.2, -0.15) is 5.10 Å². The molecule has 1 aromatic heterocycles. The number of alkyl halides is 2. The van der Waals surface area contributed by atoms with Gasteiger partial charge in [-0.05, 0) is 18.4 Å². The second-order valence-electron chi connectivity index (χ2n) is 4.16. The molecule has 0 spiro atoms. The molecule has 1 fully saturated rings. The molecule has 0 radical (unpaired) electrons. The number of nitrogens with zero attached hydrogens (tertiary/aromatic N) is 1. The average Bonchev–Trinajstić information content (AvgIpc) is 2.59. The van der Waals surface area contributed by atoms with Crippen LogP contribution in [0.2, 0.25) is 0 Å². The Kier molecular flexibility index (Phi) is 2.73. The van der Waals surface area contributed by atoms with Crippen LogP contribution in [0.25, 0.3) is 0 Å². The molecule has 1 aromatic rings. The molecule has 84 valence electrons. The Hall–Kier alpha value is -0.970. The van der Waals surface area contributed by atoms with Crippen LogP contribution < -0.4 is 0 Å². The Morgan fingerprint density at radius 2 is 2.33 bits per heavy atom. The van der Waals surface area contributed by atoms with Crippen LogP contribution in [0.3, 0.4) is 0 Å². The zero-order chi connectivity index (χ0) is 10.9. The van der Waals surface area contributed by atoms with Gasteiger partial charge in [0.1, 0.15) is 0 Å². The van der Waals surface area contributed by atoms with Crippen molar-refractivity contribution in [2.24, 2.45) is 0 Å². The second kappa shape index (κ2) is 3.89. The van der Waals surface area contributed by atoms with Gasteiger partial charge in [0.05, 0.1) is 12.3 Å². The molecule has 1 aliphatic carbocycles. The van der Waals surface area contributed by atoms with E-state index in [2.05, 4.69) is 10.2 Å². The molecule has 2 N–H and O–H groups in total. The Bertz CT molecular complexity index is 313. The van der Waals surface area contributed by atoms with Gasteiger partial charge in [-0.3, -0.25) is 5.10 Å². The first kappa shape index (κ1) is 10.5. The largest absolute Gasteiger partial charge is 0.392 e. The Morgan fingerprint density at radius 3 is 3.00 bits per heavy atom. The third-order valence-electron chi connectivity index (χ3n) is 2.98. The number of nitrogens with one attached hydrogen (secondary N) is 1. The maximum Gasteiger partial charge on any atom is 0.250 e. The zero-order valence-corrected chi connectivity index (χ0v) is 8.29. The van der Waals surface area contributed by atoms with Gasteiger partial charge >= 0.3 is 0 Å². The summed E-state index contributed by atoms with van der Waals surface area (Å²) in [7, 11) is 0. The molecule has 3 nitrogen and oxygen atoms in total. The molecular formula is C10H14F2N2O. The number of aliphatic hydroxyl groups is 1. The maximum atomic E-state index is 13.1. The van der Waals surface area contributed by atoms with Gasteiger partial charge in [0, 0.05) is 25.0 Å². The molecule has 2 unspecified atom stereocenters. The first-order valence-corrected chi connectivity index (χ1v) is 5.13. The third-order valence-corrected chi connectivity index (χ3v) is 2.98. The SMILES string of the molecule is OC1CC(F)(F)CCCC1c1cn[nH]c1. The van der Waals surface area contributed by atoms with E-state index >= 15 is 0 Å². The quantitative estimate of drug-likeness (QED) is 0.706. The lowest BCUT2D eigenvalue weighted by Gasteiger charge is -2.20. The summed E-state index contributed by atoms with van der Waals surface area (Å²) in [5.41, 5.74) is 0.820. The average molecular weight is 216 g/mol. The van der Waals surface area contributed by atoms with Crippen molar-refractivity contribution in [2.75, 3.05) is 0 Å². The number of hydrogen-bond acceptors (Lipinski definition) is 2. The Balaban J connectivity index is 2.14. The molecular weight excluding hydrogens is 202 g/mol. The topological polar surface area (TPSA) is 48.9 Å². The van der Waals surface area contributed by atoms with Crippen molar-refractivity contribution in [3.05, 3.63) is 18.0 Å². The summed E-state index contributed by atoms with van der Waals surface area (Å²) in [6.45, 7) is 0. The van der Waals surface area contributed by atoms with Crippen LogP contribution in [0.5, 0.6) is 0 Å². The van der Waals surface area contributed by atoms with E-state index in [4.69, 9.17) is 0 Å². The third kappa shape index (κ3) is 2.34. The first-order valence-electron chi connectivity index (χ1n) is 5.13. The van der Waals surface area contributed by atoms with Crippen molar-refractivity contribution in [3.8, 4) is 0 Å². The summed E-state index contributed by atoms with van der Waals surface area (Å²) in [5, 5.41) is 16.1. The predicted molar refractivity (Wildman–Crippen MR) is 50.8 cm³/mol. The molecule has 1 saturated carbocycles. The Labute approximate surface area is 86.5 Å². The van der Waals surface area contributed by atoms with Crippen LogP contribution in [0.1, 0.15) is 37.2 Å². The van der Waals surface area contributed by atoms with Crippen molar-refractivity contribution >= 4 is 0 Å². The number of aromatic nitrogens is 2. The van der Waals surface area contributed by atoms with E-state index < -0.39 is 18.4 Å². The van der Waals surface area contributed by atoms with Crippen LogP contribution in [0.4, 0.5) is 8.78 Å². The van der Waals surface area contributed by atoms with Gasteiger partial charge in [0.25, 0.3) is 5.92 Å². The highest BCUT2D eigenvalue weighted by Gasteiger charge is 2.38. The van der Waals surface area contributed by atoms with Gasteiger partial charge in [-0.1, -0.05) is 0 Å². The Morgan fingerprint density at radius 1 is 1.53 bits per heavy atom. The van der Waals surface area contributed by atoms with Crippen LogP contribution >= 0.6 is 0 Å². The van der Waals surface area contributed by atoms with Crippen molar-refractivity contribution in [1.29, 1.82) is 0 Å². The lowest BCUT2D eigenvalue weighted by molar-refractivity contribution is -0.0454. The summed E-state index contributed by atoms with van der Waals surface area (Å²) in [6.07, 6.45) is 2.76. The fourth-order valence-electron chi connectivity index (χ4n) is 2.18. The van der Waals surface area contributed by atoms with Gasteiger partial charge in [-0.15, -0.1) is 0 Å². The van der Waals surface area contributed by atoms with Crippen molar-refractivity contribution < 1.29 is 13.9 Å². The fraction of sp³-hybridized carbons (Fsp3) is 0.700. The molecule has 1 aliphatic rings. The van der Waals surface area contributed by atoms with E-state index in [1.165, 1.54) is 0 Å². The minimum Gasteiger partial charge on any atom is -0.392 e. The lowest BCUT2D eigenvalue weighted by Crippen LogP contribution is -2.25. The predicted octanol–water partition coefficient (Wildman–Crippen LogP) is 2.06. The van der Waals surface area contributed by atoms with Gasteiger partial charge < -0.3 is 5.11 Å². The minimum absolute atomic E-state index is 0.127. The van der Waals surface area contributed by atoms with Gasteiger partial charge in [-0.25, -0.2) is 8.78 Å². The standard InChI is InChI=1S/C10H14F2N2O/c11-10(12)3-1-2-8(9(15)4-10)7-5-13-14-6-7/h5-6,8-9,15H,1-4H2,(H,13,14). The summed E-state index contributed by atoms with van der Waals surface area (Å²) >= 11 is 0. The highest BCUT2D eigenvalue weighted by molar-refractivity contribution is 5.13. The first-order chi connectivity index (χ1) is 7.08.